The summed E-state index contributed by atoms with van der Waals surface area (Å²) in [5.74, 6) is 0.710. The quantitative estimate of drug-likeness (QED) is 0.662. The number of nitrogens with two attached hydrogens (primary N) is 1. The van der Waals surface area contributed by atoms with Crippen LogP contribution in [-0.2, 0) is 6.54 Å². The van der Waals surface area contributed by atoms with Gasteiger partial charge in [0.15, 0.2) is 11.6 Å². The molecule has 2 aromatic carbocycles. The van der Waals surface area contributed by atoms with Crippen LogP contribution in [0.15, 0.2) is 54.9 Å². The summed E-state index contributed by atoms with van der Waals surface area (Å²) in [5.41, 5.74) is 8.72. The summed E-state index contributed by atoms with van der Waals surface area (Å²) >= 11 is 5.85. The van der Waals surface area contributed by atoms with Gasteiger partial charge in [-0.15, -0.1) is 0 Å². The third-order valence-corrected chi connectivity index (χ3v) is 5.26. The fraction of sp³-hybridized carbons (Fsp3) is 0.238. The fourth-order valence-corrected chi connectivity index (χ4v) is 3.59. The third kappa shape index (κ3) is 4.58. The standard InChI is InChI=1S/C21H22ClFN6/c22-17-12-16(6-7-18(17)23)27-20-19(24)21(26-14-25-20)29-10-8-28(9-11-29)13-15-4-2-1-3-5-15/h1-7,12,14H,8-11,13,24H2,(H,25,26,27). The summed E-state index contributed by atoms with van der Waals surface area (Å²) in [6.45, 7) is 4.45. The summed E-state index contributed by atoms with van der Waals surface area (Å²) in [6.07, 6.45) is 1.48. The van der Waals surface area contributed by atoms with Gasteiger partial charge in [0.1, 0.15) is 17.8 Å². The Balaban J connectivity index is 1.43. The van der Waals surface area contributed by atoms with Gasteiger partial charge >= 0.3 is 0 Å². The van der Waals surface area contributed by atoms with E-state index < -0.39 is 5.82 Å². The van der Waals surface area contributed by atoms with Crippen LogP contribution in [0.4, 0.5) is 27.4 Å². The van der Waals surface area contributed by atoms with Crippen LogP contribution in [0.5, 0.6) is 0 Å². The second-order valence-electron chi connectivity index (χ2n) is 6.96. The maximum Gasteiger partial charge on any atom is 0.159 e. The number of nitrogen functional groups attached to an aromatic ring is 1. The van der Waals surface area contributed by atoms with Crippen LogP contribution >= 0.6 is 11.6 Å². The normalized spacial score (nSPS) is 14.8. The molecule has 0 spiro atoms. The van der Waals surface area contributed by atoms with Crippen molar-refractivity contribution in [2.45, 2.75) is 6.54 Å². The molecule has 1 saturated heterocycles. The number of nitrogens with zero attached hydrogens (tertiary/aromatic N) is 4. The molecule has 1 aliphatic rings. The predicted octanol–water partition coefficient (Wildman–Crippen LogP) is 3.92. The lowest BCUT2D eigenvalue weighted by Gasteiger charge is -2.36. The Morgan fingerprint density at radius 1 is 1.03 bits per heavy atom. The molecule has 3 N–H and O–H groups in total. The number of anilines is 4. The van der Waals surface area contributed by atoms with Crippen molar-refractivity contribution in [1.82, 2.24) is 14.9 Å². The number of piperazine rings is 1. The molecule has 1 fully saturated rings. The summed E-state index contributed by atoms with van der Waals surface area (Å²) in [4.78, 5) is 13.2. The Morgan fingerprint density at radius 2 is 1.79 bits per heavy atom. The van der Waals surface area contributed by atoms with Crippen LogP contribution < -0.4 is 16.0 Å². The molecule has 6 nitrogen and oxygen atoms in total. The maximum absolute atomic E-state index is 13.4. The van der Waals surface area contributed by atoms with Crippen molar-refractivity contribution < 1.29 is 4.39 Å². The van der Waals surface area contributed by atoms with Crippen LogP contribution in [0.1, 0.15) is 5.56 Å². The highest BCUT2D eigenvalue weighted by Gasteiger charge is 2.21. The molecular weight excluding hydrogens is 391 g/mol. The van der Waals surface area contributed by atoms with E-state index in [0.29, 0.717) is 23.0 Å². The van der Waals surface area contributed by atoms with Crippen LogP contribution in [0.25, 0.3) is 0 Å². The van der Waals surface area contributed by atoms with Gasteiger partial charge in [0.2, 0.25) is 0 Å². The summed E-state index contributed by atoms with van der Waals surface area (Å²) in [5, 5.41) is 3.14. The lowest BCUT2D eigenvalue weighted by molar-refractivity contribution is 0.249. The van der Waals surface area contributed by atoms with Gasteiger partial charge in [-0.1, -0.05) is 41.9 Å². The molecule has 0 radical (unpaired) electrons. The Kier molecular flexibility index (Phi) is 5.78. The smallest absolute Gasteiger partial charge is 0.159 e. The first-order valence-electron chi connectivity index (χ1n) is 9.44. The number of rotatable bonds is 5. The average molecular weight is 413 g/mol. The molecule has 150 valence electrons. The number of nitrogens with one attached hydrogen (secondary N) is 1. The molecule has 0 atom stereocenters. The molecule has 3 aromatic rings. The number of hydrogen-bond donors (Lipinski definition) is 2. The Bertz CT molecular complexity index is 976. The van der Waals surface area contributed by atoms with E-state index in [1.807, 2.05) is 6.07 Å². The predicted molar refractivity (Wildman–Crippen MR) is 115 cm³/mol. The molecule has 0 saturated carbocycles. The van der Waals surface area contributed by atoms with Gasteiger partial charge in [0.25, 0.3) is 0 Å². The van der Waals surface area contributed by atoms with E-state index in [1.165, 1.54) is 24.0 Å². The molecule has 1 aromatic heterocycles. The minimum Gasteiger partial charge on any atom is -0.393 e. The molecule has 1 aliphatic heterocycles. The van der Waals surface area contributed by atoms with Crippen molar-refractivity contribution in [3.8, 4) is 0 Å². The van der Waals surface area contributed by atoms with Crippen molar-refractivity contribution >= 4 is 34.6 Å². The monoisotopic (exact) mass is 412 g/mol. The van der Waals surface area contributed by atoms with Crippen LogP contribution in [-0.4, -0.2) is 41.0 Å². The zero-order valence-corrected chi connectivity index (χ0v) is 16.6. The van der Waals surface area contributed by atoms with Crippen molar-refractivity contribution in [2.24, 2.45) is 0 Å². The van der Waals surface area contributed by atoms with E-state index in [2.05, 4.69) is 49.4 Å². The molecule has 29 heavy (non-hydrogen) atoms. The van der Waals surface area contributed by atoms with Gasteiger partial charge in [0.05, 0.1) is 5.02 Å². The van der Waals surface area contributed by atoms with Gasteiger partial charge in [-0.25, -0.2) is 14.4 Å². The van der Waals surface area contributed by atoms with Crippen molar-refractivity contribution in [3.63, 3.8) is 0 Å². The zero-order chi connectivity index (χ0) is 20.2. The molecule has 2 heterocycles. The SMILES string of the molecule is Nc1c(Nc2ccc(F)c(Cl)c2)ncnc1N1CCN(Cc2ccccc2)CC1. The highest BCUT2D eigenvalue weighted by atomic mass is 35.5. The lowest BCUT2D eigenvalue weighted by Crippen LogP contribution is -2.46. The van der Waals surface area contributed by atoms with Crippen molar-refractivity contribution in [1.29, 1.82) is 0 Å². The second-order valence-corrected chi connectivity index (χ2v) is 7.37. The number of aromatic nitrogens is 2. The molecule has 0 unspecified atom stereocenters. The summed E-state index contributed by atoms with van der Waals surface area (Å²) < 4.78 is 13.4. The first kappa shape index (κ1) is 19.4. The molecule has 0 bridgehead atoms. The minimum atomic E-state index is -0.470. The average Bonchev–Trinajstić information content (AvgIpc) is 2.74. The third-order valence-electron chi connectivity index (χ3n) is 4.97. The minimum absolute atomic E-state index is 0.0392. The molecule has 0 aliphatic carbocycles. The van der Waals surface area contributed by atoms with Crippen LogP contribution in [0.3, 0.4) is 0 Å². The van der Waals surface area contributed by atoms with Crippen LogP contribution in [0.2, 0.25) is 5.02 Å². The Morgan fingerprint density at radius 3 is 2.52 bits per heavy atom. The number of benzene rings is 2. The van der Waals surface area contributed by atoms with E-state index in [-0.39, 0.29) is 5.02 Å². The molecular formula is C21H22ClFN6. The molecule has 8 heteroatoms. The Labute approximate surface area is 174 Å². The maximum atomic E-state index is 13.4. The first-order chi connectivity index (χ1) is 14.1. The highest BCUT2D eigenvalue weighted by Crippen LogP contribution is 2.30. The first-order valence-corrected chi connectivity index (χ1v) is 9.82. The van der Waals surface area contributed by atoms with E-state index in [9.17, 15) is 4.39 Å². The van der Waals surface area contributed by atoms with Gasteiger partial charge in [0, 0.05) is 38.4 Å². The topological polar surface area (TPSA) is 70.3 Å². The van der Waals surface area contributed by atoms with Crippen molar-refractivity contribution in [2.75, 3.05) is 42.1 Å². The summed E-state index contributed by atoms with van der Waals surface area (Å²) in [6, 6.07) is 14.8. The largest absolute Gasteiger partial charge is 0.393 e. The fourth-order valence-electron chi connectivity index (χ4n) is 3.41. The van der Waals surface area contributed by atoms with Gasteiger partial charge < -0.3 is 16.0 Å². The number of halogens is 2. The number of hydrogen-bond acceptors (Lipinski definition) is 6. The van der Waals surface area contributed by atoms with E-state index >= 15 is 0 Å². The molecule has 0 amide bonds. The zero-order valence-electron chi connectivity index (χ0n) is 15.9. The second kappa shape index (κ2) is 8.63. The van der Waals surface area contributed by atoms with Crippen molar-refractivity contribution in [3.05, 3.63) is 71.3 Å². The summed E-state index contributed by atoms with van der Waals surface area (Å²) in [7, 11) is 0. The van der Waals surface area contributed by atoms with Gasteiger partial charge in [-0.2, -0.15) is 0 Å². The van der Waals surface area contributed by atoms with E-state index in [4.69, 9.17) is 17.3 Å². The highest BCUT2D eigenvalue weighted by molar-refractivity contribution is 6.31. The van der Waals surface area contributed by atoms with Gasteiger partial charge in [-0.05, 0) is 23.8 Å². The van der Waals surface area contributed by atoms with E-state index in [0.717, 1.165) is 32.7 Å². The van der Waals surface area contributed by atoms with E-state index in [1.54, 1.807) is 6.07 Å². The molecule has 4 rings (SSSR count). The van der Waals surface area contributed by atoms with Crippen LogP contribution in [0, 0.1) is 5.82 Å². The Hall–Kier alpha value is -2.90. The van der Waals surface area contributed by atoms with Gasteiger partial charge in [-0.3, -0.25) is 4.90 Å². The lowest BCUT2D eigenvalue weighted by atomic mass is 10.2.